The largest absolute Gasteiger partial charge is 0.138 e. The predicted octanol–water partition coefficient (Wildman–Crippen LogP) is 10.9. The Hall–Kier alpha value is 0.430. The van der Waals surface area contributed by atoms with Crippen molar-refractivity contribution in [2.75, 3.05) is 6.16 Å². The van der Waals surface area contributed by atoms with E-state index in [1.165, 1.54) is 141 Å². The summed E-state index contributed by atoms with van der Waals surface area (Å²) in [6.45, 7) is 0. The maximum atomic E-state index is 2.85. The highest BCUT2D eigenvalue weighted by Crippen LogP contribution is 2.42. The Bertz CT molecular complexity index is 349. The van der Waals surface area contributed by atoms with E-state index in [0.717, 1.165) is 17.8 Å². The quantitative estimate of drug-likeness (QED) is 0.135. The third-order valence-corrected chi connectivity index (χ3v) is 9.16. The molecule has 2 aliphatic carbocycles. The van der Waals surface area contributed by atoms with Gasteiger partial charge in [0, 0.05) is 0 Å². The van der Waals surface area contributed by atoms with Crippen LogP contribution in [0.15, 0.2) is 0 Å². The van der Waals surface area contributed by atoms with Crippen LogP contribution in [-0.4, -0.2) is 6.16 Å². The van der Waals surface area contributed by atoms with E-state index < -0.39 is 0 Å². The van der Waals surface area contributed by atoms with E-state index in [1.54, 1.807) is 32.1 Å². The lowest BCUT2D eigenvalue weighted by Crippen LogP contribution is -2.27. The van der Waals surface area contributed by atoms with Crippen molar-refractivity contribution in [1.82, 2.24) is 0 Å². The normalized spacial score (nSPS) is 18.8. The molecular weight excluding hydrogens is 391 g/mol. The van der Waals surface area contributed by atoms with E-state index in [9.17, 15) is 0 Å². The van der Waals surface area contributed by atoms with E-state index in [2.05, 4.69) is 9.24 Å². The van der Waals surface area contributed by atoms with Gasteiger partial charge in [-0.15, -0.1) is 9.24 Å². The summed E-state index contributed by atoms with van der Waals surface area (Å²) in [6.07, 6.45) is 40.7. The van der Waals surface area contributed by atoms with Crippen LogP contribution in [0, 0.1) is 17.8 Å². The van der Waals surface area contributed by atoms with Crippen molar-refractivity contribution in [2.24, 2.45) is 17.8 Å². The summed E-state index contributed by atoms with van der Waals surface area (Å²) in [5.41, 5.74) is 0. The minimum atomic E-state index is 1.10. The van der Waals surface area contributed by atoms with Gasteiger partial charge in [0.15, 0.2) is 0 Å². The molecule has 0 amide bonds. The molecular formula is C30H59P. The number of rotatable bonds is 19. The van der Waals surface area contributed by atoms with Crippen LogP contribution >= 0.6 is 9.24 Å². The number of unbranched alkanes of at least 4 members (excludes halogenated alkanes) is 14. The third kappa shape index (κ3) is 13.7. The summed E-state index contributed by atoms with van der Waals surface area (Å²) in [6, 6.07) is 0. The van der Waals surface area contributed by atoms with Crippen LogP contribution in [-0.2, 0) is 0 Å². The zero-order valence-electron chi connectivity index (χ0n) is 21.4. The first-order valence-corrected chi connectivity index (χ1v) is 15.9. The Balaban J connectivity index is 1.40. The summed E-state index contributed by atoms with van der Waals surface area (Å²) < 4.78 is 0. The minimum absolute atomic E-state index is 1.10. The SMILES string of the molecule is PCCCCCCCCCCCCCCCCCC(C1CCCCC1)C1CCCCC1. The molecule has 31 heavy (non-hydrogen) atoms. The van der Waals surface area contributed by atoms with E-state index in [0.29, 0.717) is 0 Å². The molecule has 0 aromatic heterocycles. The molecule has 2 aliphatic rings. The first-order valence-electron chi connectivity index (χ1n) is 15.1. The molecule has 0 aromatic rings. The minimum Gasteiger partial charge on any atom is -0.138 e. The highest BCUT2D eigenvalue weighted by molar-refractivity contribution is 7.16. The van der Waals surface area contributed by atoms with Crippen LogP contribution in [0.2, 0.25) is 0 Å². The van der Waals surface area contributed by atoms with Crippen LogP contribution in [0.25, 0.3) is 0 Å². The molecule has 0 spiro atoms. The molecule has 0 bridgehead atoms. The predicted molar refractivity (Wildman–Crippen MR) is 145 cm³/mol. The van der Waals surface area contributed by atoms with Gasteiger partial charge in [0.25, 0.3) is 0 Å². The first kappa shape index (κ1) is 27.7. The molecule has 0 heterocycles. The van der Waals surface area contributed by atoms with Crippen molar-refractivity contribution in [3.8, 4) is 0 Å². The van der Waals surface area contributed by atoms with Gasteiger partial charge in [-0.3, -0.25) is 0 Å². The molecule has 0 saturated heterocycles. The van der Waals surface area contributed by atoms with Crippen molar-refractivity contribution < 1.29 is 0 Å². The molecule has 0 N–H and O–H groups in total. The molecule has 1 unspecified atom stereocenters. The fourth-order valence-corrected chi connectivity index (χ4v) is 7.09. The van der Waals surface area contributed by atoms with E-state index in [4.69, 9.17) is 0 Å². The van der Waals surface area contributed by atoms with Gasteiger partial charge in [-0.1, -0.05) is 154 Å². The summed E-state index contributed by atoms with van der Waals surface area (Å²) >= 11 is 0. The lowest BCUT2D eigenvalue weighted by molar-refractivity contribution is 0.131. The van der Waals surface area contributed by atoms with Gasteiger partial charge in [-0.2, -0.15) is 0 Å². The Morgan fingerprint density at radius 2 is 0.742 bits per heavy atom. The maximum absolute atomic E-state index is 2.85. The van der Waals surface area contributed by atoms with Crippen LogP contribution < -0.4 is 0 Å². The molecule has 1 heteroatoms. The van der Waals surface area contributed by atoms with Crippen molar-refractivity contribution in [3.63, 3.8) is 0 Å². The molecule has 2 fully saturated rings. The highest BCUT2D eigenvalue weighted by atomic mass is 31.0. The summed E-state index contributed by atoms with van der Waals surface area (Å²) in [5.74, 6) is 3.31. The average Bonchev–Trinajstić information content (AvgIpc) is 2.82. The zero-order valence-corrected chi connectivity index (χ0v) is 22.6. The second-order valence-electron chi connectivity index (χ2n) is 11.3. The Morgan fingerprint density at radius 3 is 1.10 bits per heavy atom. The Kier molecular flexibility index (Phi) is 17.7. The van der Waals surface area contributed by atoms with Crippen molar-refractivity contribution in [3.05, 3.63) is 0 Å². The second kappa shape index (κ2) is 19.9. The average molecular weight is 451 g/mol. The summed E-state index contributed by atoms with van der Waals surface area (Å²) in [4.78, 5) is 0. The second-order valence-corrected chi connectivity index (χ2v) is 11.9. The van der Waals surface area contributed by atoms with Crippen LogP contribution in [0.4, 0.5) is 0 Å². The van der Waals surface area contributed by atoms with Gasteiger partial charge in [-0.25, -0.2) is 0 Å². The molecule has 0 aromatic carbocycles. The zero-order chi connectivity index (χ0) is 21.8. The van der Waals surface area contributed by atoms with Crippen molar-refractivity contribution in [2.45, 2.75) is 167 Å². The van der Waals surface area contributed by atoms with Gasteiger partial charge >= 0.3 is 0 Å². The maximum Gasteiger partial charge on any atom is -0.0357 e. The fourth-order valence-electron chi connectivity index (χ4n) is 6.80. The van der Waals surface area contributed by atoms with Gasteiger partial charge < -0.3 is 0 Å². The Labute approximate surface area is 200 Å². The smallest absolute Gasteiger partial charge is 0.0357 e. The lowest BCUT2D eigenvalue weighted by Gasteiger charge is -2.38. The van der Waals surface area contributed by atoms with E-state index in [1.807, 2.05) is 0 Å². The van der Waals surface area contributed by atoms with E-state index >= 15 is 0 Å². The molecule has 0 radical (unpaired) electrons. The molecule has 0 aliphatic heterocycles. The molecule has 2 rings (SSSR count). The van der Waals surface area contributed by atoms with Gasteiger partial charge in [-0.05, 0) is 36.8 Å². The van der Waals surface area contributed by atoms with Crippen LogP contribution in [0.1, 0.15) is 167 Å². The van der Waals surface area contributed by atoms with Gasteiger partial charge in [0.05, 0.1) is 0 Å². The Morgan fingerprint density at radius 1 is 0.419 bits per heavy atom. The van der Waals surface area contributed by atoms with Gasteiger partial charge in [0.1, 0.15) is 0 Å². The van der Waals surface area contributed by atoms with Crippen LogP contribution in [0.3, 0.4) is 0 Å². The lowest BCUT2D eigenvalue weighted by atomic mass is 9.68. The monoisotopic (exact) mass is 450 g/mol. The number of hydrogen-bond acceptors (Lipinski definition) is 0. The standard InChI is InChI=1S/C30H59P/c31-27-21-13-11-9-7-5-3-1-2-4-6-8-10-12-20-26-30(28-22-16-14-17-23-28)29-24-18-15-19-25-29/h28-30H,1-27,31H2. The topological polar surface area (TPSA) is 0 Å². The van der Waals surface area contributed by atoms with Crippen molar-refractivity contribution in [1.29, 1.82) is 0 Å². The molecule has 2 saturated carbocycles. The van der Waals surface area contributed by atoms with Crippen LogP contribution in [0.5, 0.6) is 0 Å². The van der Waals surface area contributed by atoms with Gasteiger partial charge in [0.2, 0.25) is 0 Å². The first-order chi connectivity index (χ1) is 15.4. The van der Waals surface area contributed by atoms with E-state index in [-0.39, 0.29) is 0 Å². The highest BCUT2D eigenvalue weighted by Gasteiger charge is 2.30. The molecule has 1 atom stereocenters. The molecule has 184 valence electrons. The summed E-state index contributed by atoms with van der Waals surface area (Å²) in [5, 5.41) is 0. The number of hydrogen-bond donors (Lipinski definition) is 0. The fraction of sp³-hybridized carbons (Fsp3) is 1.00. The van der Waals surface area contributed by atoms with Crippen molar-refractivity contribution >= 4 is 9.24 Å². The third-order valence-electron chi connectivity index (χ3n) is 8.75. The molecule has 0 nitrogen and oxygen atoms in total. The summed E-state index contributed by atoms with van der Waals surface area (Å²) in [7, 11) is 2.85.